The molecule has 11 nitrogen and oxygen atoms in total. The summed E-state index contributed by atoms with van der Waals surface area (Å²) < 4.78 is 0. The third-order valence-corrected chi connectivity index (χ3v) is 3.03. The van der Waals surface area contributed by atoms with Crippen molar-refractivity contribution in [1.29, 1.82) is 0 Å². The Bertz CT molecular complexity index is 744. The third kappa shape index (κ3) is 2.72. The highest BCUT2D eigenvalue weighted by molar-refractivity contribution is 6.16. The molecule has 1 aromatic rings. The van der Waals surface area contributed by atoms with Gasteiger partial charge in [-0.2, -0.15) is 5.11 Å². The van der Waals surface area contributed by atoms with Crippen LogP contribution in [0.15, 0.2) is 62.7 Å². The second-order valence-corrected chi connectivity index (χ2v) is 4.41. The van der Waals surface area contributed by atoms with E-state index in [0.29, 0.717) is 11.8 Å². The van der Waals surface area contributed by atoms with Crippen molar-refractivity contribution in [3.8, 4) is 0 Å². The quantitative estimate of drug-likeness (QED) is 0.211. The number of nitro groups is 1. The summed E-state index contributed by atoms with van der Waals surface area (Å²) >= 11 is 0. The van der Waals surface area contributed by atoms with Gasteiger partial charge in [-0.25, -0.2) is 0 Å². The van der Waals surface area contributed by atoms with Gasteiger partial charge in [0.2, 0.25) is 5.71 Å². The lowest BCUT2D eigenvalue weighted by Crippen LogP contribution is -2.60. The molecule has 0 radical (unpaired) electrons. The Morgan fingerprint density at radius 2 is 1.87 bits per heavy atom. The molecule has 11 heteroatoms. The standard InChI is InChI=1S/C12H9N5O6/c18-9-6-8(14-13-7-4-2-1-3-5-7)10(15-20)12(19,17(22)23)11(9)16-21/h1-6,11,19-20H/b14-13?,15-10-. The molecule has 2 N–H and O–H groups in total. The summed E-state index contributed by atoms with van der Waals surface area (Å²) in [6.07, 6.45) is 0.686. The monoisotopic (exact) mass is 319 g/mol. The van der Waals surface area contributed by atoms with E-state index in [4.69, 9.17) is 5.21 Å². The van der Waals surface area contributed by atoms with Gasteiger partial charge in [0.25, 0.3) is 6.04 Å². The molecule has 0 amide bonds. The number of rotatable bonds is 4. The number of carbonyl (C=O) groups is 1. The Hall–Kier alpha value is -3.34. The molecule has 118 valence electrons. The average Bonchev–Trinajstić information content (AvgIpc) is 2.54. The lowest BCUT2D eigenvalue weighted by Gasteiger charge is -2.25. The van der Waals surface area contributed by atoms with E-state index < -0.39 is 33.9 Å². The van der Waals surface area contributed by atoms with Crippen LogP contribution in [0.1, 0.15) is 0 Å². The van der Waals surface area contributed by atoms with Gasteiger partial charge in [-0.3, -0.25) is 14.9 Å². The van der Waals surface area contributed by atoms with E-state index in [9.17, 15) is 24.9 Å². The van der Waals surface area contributed by atoms with E-state index in [1.807, 2.05) is 0 Å². The Labute approximate surface area is 127 Å². The minimum atomic E-state index is -3.33. The smallest absolute Gasteiger partial charge is 0.404 e. The SMILES string of the molecule is O=NC1C(=O)C=C(N=Nc2ccccc2)/C(=N/O)C1(O)[N+](=O)[O-]. The van der Waals surface area contributed by atoms with E-state index in [0.717, 1.165) is 0 Å². The van der Waals surface area contributed by atoms with Crippen molar-refractivity contribution >= 4 is 17.2 Å². The fourth-order valence-electron chi connectivity index (χ4n) is 1.92. The second-order valence-electron chi connectivity index (χ2n) is 4.41. The fraction of sp³-hybridized carbons (Fsp3) is 0.167. The molecule has 0 spiro atoms. The van der Waals surface area contributed by atoms with Crippen LogP contribution in [-0.4, -0.2) is 38.5 Å². The number of nitrogens with zero attached hydrogens (tertiary/aromatic N) is 5. The van der Waals surface area contributed by atoms with E-state index in [1.54, 1.807) is 30.3 Å². The van der Waals surface area contributed by atoms with Gasteiger partial charge in [0.15, 0.2) is 5.78 Å². The summed E-state index contributed by atoms with van der Waals surface area (Å²) in [5.74, 6) is -1.16. The maximum atomic E-state index is 11.8. The van der Waals surface area contributed by atoms with E-state index in [-0.39, 0.29) is 0 Å². The van der Waals surface area contributed by atoms with Crippen LogP contribution in [-0.2, 0) is 4.79 Å². The summed E-state index contributed by atoms with van der Waals surface area (Å²) in [5.41, 5.74) is -4.54. The number of aliphatic hydroxyl groups is 1. The van der Waals surface area contributed by atoms with Crippen molar-refractivity contribution < 1.29 is 20.0 Å². The molecule has 1 aliphatic carbocycles. The molecule has 0 saturated heterocycles. The van der Waals surface area contributed by atoms with E-state index >= 15 is 0 Å². The van der Waals surface area contributed by atoms with Crippen molar-refractivity contribution in [1.82, 2.24) is 0 Å². The zero-order chi connectivity index (χ0) is 17.0. The molecule has 1 aromatic carbocycles. The summed E-state index contributed by atoms with van der Waals surface area (Å²) in [5, 5.41) is 42.3. The van der Waals surface area contributed by atoms with Crippen LogP contribution < -0.4 is 0 Å². The maximum absolute atomic E-state index is 11.8. The number of benzene rings is 1. The molecular formula is C12H9N5O6. The zero-order valence-electron chi connectivity index (χ0n) is 11.3. The summed E-state index contributed by atoms with van der Waals surface area (Å²) in [6.45, 7) is 0. The zero-order valence-corrected chi connectivity index (χ0v) is 11.3. The first kappa shape index (κ1) is 16.0. The molecule has 1 aliphatic rings. The van der Waals surface area contributed by atoms with Crippen LogP contribution in [0.5, 0.6) is 0 Å². The number of hydrogen-bond donors (Lipinski definition) is 2. The lowest BCUT2D eigenvalue weighted by atomic mass is 9.88. The maximum Gasteiger partial charge on any atom is 0.404 e. The Morgan fingerprint density at radius 3 is 2.39 bits per heavy atom. The van der Waals surface area contributed by atoms with Gasteiger partial charge < -0.3 is 10.3 Å². The molecule has 0 fully saturated rings. The number of carbonyl (C=O) groups excluding carboxylic acids is 1. The van der Waals surface area contributed by atoms with Crippen LogP contribution in [0.3, 0.4) is 0 Å². The van der Waals surface area contributed by atoms with Crippen molar-refractivity contribution in [2.24, 2.45) is 20.6 Å². The second kappa shape index (κ2) is 6.19. The third-order valence-electron chi connectivity index (χ3n) is 3.03. The van der Waals surface area contributed by atoms with Gasteiger partial charge >= 0.3 is 5.72 Å². The van der Waals surface area contributed by atoms with Gasteiger partial charge in [0.05, 0.1) is 10.6 Å². The highest BCUT2D eigenvalue weighted by Gasteiger charge is 2.63. The number of ketones is 1. The first-order valence-electron chi connectivity index (χ1n) is 6.09. The summed E-state index contributed by atoms with van der Waals surface area (Å²) in [6, 6.07) is 5.83. The normalized spacial score (nSPS) is 26.3. The van der Waals surface area contributed by atoms with Crippen LogP contribution in [0.25, 0.3) is 0 Å². The number of hydrogen-bond acceptors (Lipinski definition) is 10. The largest absolute Gasteiger partial charge is 0.410 e. The molecular weight excluding hydrogens is 310 g/mol. The predicted octanol–water partition coefficient (Wildman–Crippen LogP) is 1.17. The molecule has 0 saturated carbocycles. The van der Waals surface area contributed by atoms with Gasteiger partial charge in [-0.1, -0.05) is 23.4 Å². The molecule has 0 aromatic heterocycles. The van der Waals surface area contributed by atoms with Crippen molar-refractivity contribution in [2.45, 2.75) is 11.8 Å². The average molecular weight is 319 g/mol. The number of azo groups is 1. The highest BCUT2D eigenvalue weighted by atomic mass is 16.7. The molecule has 2 unspecified atom stereocenters. The van der Waals surface area contributed by atoms with Crippen LogP contribution >= 0.6 is 0 Å². The Balaban J connectivity index is 2.51. The summed E-state index contributed by atoms with van der Waals surface area (Å²) in [7, 11) is 0. The first-order valence-corrected chi connectivity index (χ1v) is 6.09. The molecule has 0 aliphatic heterocycles. The fourth-order valence-corrected chi connectivity index (χ4v) is 1.92. The molecule has 0 bridgehead atoms. The molecule has 2 rings (SSSR count). The topological polar surface area (TPSA) is 167 Å². The van der Waals surface area contributed by atoms with Crippen molar-refractivity contribution in [3.05, 3.63) is 57.1 Å². The minimum Gasteiger partial charge on any atom is -0.410 e. The van der Waals surface area contributed by atoms with Gasteiger partial charge in [-0.05, 0) is 17.3 Å². The van der Waals surface area contributed by atoms with E-state index in [1.165, 1.54) is 0 Å². The molecule has 0 heterocycles. The van der Waals surface area contributed by atoms with Crippen LogP contribution in [0.2, 0.25) is 0 Å². The van der Waals surface area contributed by atoms with Crippen LogP contribution in [0.4, 0.5) is 5.69 Å². The Morgan fingerprint density at radius 1 is 1.22 bits per heavy atom. The molecule has 2 atom stereocenters. The Kier molecular flexibility index (Phi) is 4.32. The predicted molar refractivity (Wildman–Crippen MR) is 74.8 cm³/mol. The highest BCUT2D eigenvalue weighted by Crippen LogP contribution is 2.29. The van der Waals surface area contributed by atoms with E-state index in [2.05, 4.69) is 20.6 Å². The van der Waals surface area contributed by atoms with Crippen molar-refractivity contribution in [3.63, 3.8) is 0 Å². The van der Waals surface area contributed by atoms with Gasteiger partial charge in [0, 0.05) is 6.08 Å². The lowest BCUT2D eigenvalue weighted by molar-refractivity contribution is -0.600. The summed E-state index contributed by atoms with van der Waals surface area (Å²) in [4.78, 5) is 32.2. The first-order chi connectivity index (χ1) is 10.9. The molecule has 23 heavy (non-hydrogen) atoms. The number of oxime groups is 1. The minimum absolute atomic E-state index is 0.346. The van der Waals surface area contributed by atoms with Crippen LogP contribution in [0, 0.1) is 15.0 Å². The van der Waals surface area contributed by atoms with Gasteiger partial charge in [0.1, 0.15) is 5.70 Å². The van der Waals surface area contributed by atoms with Crippen molar-refractivity contribution in [2.75, 3.05) is 0 Å². The van der Waals surface area contributed by atoms with Gasteiger partial charge in [-0.15, -0.1) is 10.0 Å². The number of nitroso groups, excluding NO2 is 1.